The summed E-state index contributed by atoms with van der Waals surface area (Å²) in [5.74, 6) is -0.101. The Morgan fingerprint density at radius 3 is 2.56 bits per heavy atom. The number of nitrogens with zero attached hydrogens (tertiary/aromatic N) is 2. The number of carbonyl (C=O) groups is 1. The van der Waals surface area contributed by atoms with Crippen LogP contribution in [-0.2, 0) is 0 Å². The number of hydrogen-bond acceptors (Lipinski definition) is 3. The number of anilines is 1. The lowest BCUT2D eigenvalue weighted by molar-refractivity contribution is 0.102. The first-order valence-electron chi connectivity index (χ1n) is 8.65. The van der Waals surface area contributed by atoms with Crippen LogP contribution in [0.3, 0.4) is 0 Å². The minimum Gasteiger partial charge on any atom is -0.322 e. The van der Waals surface area contributed by atoms with Crippen molar-refractivity contribution in [2.45, 2.75) is 11.8 Å². The summed E-state index contributed by atoms with van der Waals surface area (Å²) in [7, 11) is 0. The molecular weight excluding hydrogens is 354 g/mol. The molecule has 4 aromatic rings. The summed E-state index contributed by atoms with van der Waals surface area (Å²) in [6.07, 6.45) is 5.98. The number of amides is 1. The molecule has 0 aliphatic carbocycles. The van der Waals surface area contributed by atoms with Crippen molar-refractivity contribution in [1.82, 2.24) is 9.38 Å². The molecule has 1 amide bonds. The lowest BCUT2D eigenvalue weighted by atomic mass is 10.1. The highest BCUT2D eigenvalue weighted by Crippen LogP contribution is 2.24. The molecule has 0 saturated heterocycles. The van der Waals surface area contributed by atoms with E-state index in [0.29, 0.717) is 5.56 Å². The SMILES string of the molecule is CSc1ccccc1C(=O)Nc1ccc(-c2cn3cccc(C)c3n2)cc1. The minimum absolute atomic E-state index is 0.101. The Morgan fingerprint density at radius 1 is 1.04 bits per heavy atom. The molecule has 0 fully saturated rings. The van der Waals surface area contributed by atoms with Crippen molar-refractivity contribution in [1.29, 1.82) is 0 Å². The van der Waals surface area contributed by atoms with Gasteiger partial charge in [0.05, 0.1) is 11.3 Å². The Hall–Kier alpha value is -3.05. The van der Waals surface area contributed by atoms with Crippen LogP contribution in [0.1, 0.15) is 15.9 Å². The van der Waals surface area contributed by atoms with Crippen LogP contribution in [0.2, 0.25) is 0 Å². The summed E-state index contributed by atoms with van der Waals surface area (Å²) in [5, 5.41) is 2.97. The average molecular weight is 373 g/mol. The van der Waals surface area contributed by atoms with E-state index in [9.17, 15) is 4.79 Å². The highest BCUT2D eigenvalue weighted by atomic mass is 32.2. The number of hydrogen-bond donors (Lipinski definition) is 1. The molecule has 4 nitrogen and oxygen atoms in total. The van der Waals surface area contributed by atoms with Crippen molar-refractivity contribution in [3.8, 4) is 11.3 Å². The Morgan fingerprint density at radius 2 is 1.81 bits per heavy atom. The maximum absolute atomic E-state index is 12.6. The molecule has 27 heavy (non-hydrogen) atoms. The summed E-state index contributed by atoms with van der Waals surface area (Å²) >= 11 is 1.57. The predicted octanol–water partition coefficient (Wildman–Crippen LogP) is 5.28. The van der Waals surface area contributed by atoms with E-state index in [1.807, 2.05) is 77.6 Å². The molecule has 2 aromatic carbocycles. The number of aryl methyl sites for hydroxylation is 1. The fourth-order valence-electron chi connectivity index (χ4n) is 3.05. The molecule has 4 rings (SSSR count). The van der Waals surface area contributed by atoms with Gasteiger partial charge in [0.25, 0.3) is 5.91 Å². The van der Waals surface area contributed by atoms with E-state index in [2.05, 4.69) is 18.3 Å². The molecule has 0 aliphatic heterocycles. The quantitative estimate of drug-likeness (QED) is 0.495. The summed E-state index contributed by atoms with van der Waals surface area (Å²) in [6, 6.07) is 19.5. The third kappa shape index (κ3) is 3.46. The van der Waals surface area contributed by atoms with Gasteiger partial charge in [-0.1, -0.05) is 30.3 Å². The molecule has 0 saturated carbocycles. The van der Waals surface area contributed by atoms with E-state index in [-0.39, 0.29) is 5.91 Å². The molecular formula is C22H19N3OS. The number of aromatic nitrogens is 2. The van der Waals surface area contributed by atoms with E-state index in [1.165, 1.54) is 0 Å². The van der Waals surface area contributed by atoms with Gasteiger partial charge >= 0.3 is 0 Å². The standard InChI is InChI=1S/C22H19N3OS/c1-15-6-5-13-25-14-19(24-21(15)25)16-9-11-17(12-10-16)23-22(26)18-7-3-4-8-20(18)27-2/h3-14H,1-2H3,(H,23,26). The molecule has 0 spiro atoms. The fourth-order valence-corrected chi connectivity index (χ4v) is 3.64. The highest BCUT2D eigenvalue weighted by Gasteiger charge is 2.11. The van der Waals surface area contributed by atoms with Crippen molar-refractivity contribution in [2.75, 3.05) is 11.6 Å². The number of imidazole rings is 1. The largest absolute Gasteiger partial charge is 0.322 e. The maximum Gasteiger partial charge on any atom is 0.256 e. The Balaban J connectivity index is 1.56. The van der Waals surface area contributed by atoms with E-state index in [1.54, 1.807) is 11.8 Å². The van der Waals surface area contributed by atoms with Gasteiger partial charge in [-0.3, -0.25) is 4.79 Å². The minimum atomic E-state index is -0.101. The first-order valence-corrected chi connectivity index (χ1v) is 9.87. The van der Waals surface area contributed by atoms with E-state index < -0.39 is 0 Å². The normalized spacial score (nSPS) is 10.9. The van der Waals surface area contributed by atoms with Gasteiger partial charge in [0, 0.05) is 28.5 Å². The molecule has 1 N–H and O–H groups in total. The van der Waals surface area contributed by atoms with Gasteiger partial charge in [-0.05, 0) is 49.1 Å². The van der Waals surface area contributed by atoms with Crippen LogP contribution < -0.4 is 5.32 Å². The van der Waals surface area contributed by atoms with Crippen molar-refractivity contribution in [3.63, 3.8) is 0 Å². The van der Waals surface area contributed by atoms with Crippen molar-refractivity contribution in [3.05, 3.63) is 84.2 Å². The zero-order chi connectivity index (χ0) is 18.8. The second-order valence-corrected chi connectivity index (χ2v) is 7.13. The molecule has 5 heteroatoms. The lowest BCUT2D eigenvalue weighted by Gasteiger charge is -2.09. The summed E-state index contributed by atoms with van der Waals surface area (Å²) in [6.45, 7) is 2.05. The highest BCUT2D eigenvalue weighted by molar-refractivity contribution is 7.98. The average Bonchev–Trinajstić information content (AvgIpc) is 3.14. The first-order chi connectivity index (χ1) is 13.2. The van der Waals surface area contributed by atoms with Crippen LogP contribution >= 0.6 is 11.8 Å². The zero-order valence-electron chi connectivity index (χ0n) is 15.1. The number of pyridine rings is 1. The second-order valence-electron chi connectivity index (χ2n) is 6.28. The lowest BCUT2D eigenvalue weighted by Crippen LogP contribution is -2.12. The molecule has 0 radical (unpaired) electrons. The van der Waals surface area contributed by atoms with Crippen LogP contribution in [0.25, 0.3) is 16.9 Å². The van der Waals surface area contributed by atoms with E-state index >= 15 is 0 Å². The molecule has 0 atom stereocenters. The molecule has 0 unspecified atom stereocenters. The molecule has 134 valence electrons. The molecule has 2 heterocycles. The van der Waals surface area contributed by atoms with Gasteiger partial charge in [-0.25, -0.2) is 4.98 Å². The fraction of sp³-hybridized carbons (Fsp3) is 0.0909. The van der Waals surface area contributed by atoms with Gasteiger partial charge in [-0.2, -0.15) is 0 Å². The van der Waals surface area contributed by atoms with Crippen LogP contribution in [0.15, 0.2) is 78.0 Å². The van der Waals surface area contributed by atoms with Crippen molar-refractivity contribution >= 4 is 29.0 Å². The number of benzene rings is 2. The molecule has 2 aromatic heterocycles. The molecule has 0 aliphatic rings. The van der Waals surface area contributed by atoms with Crippen molar-refractivity contribution in [2.24, 2.45) is 0 Å². The topological polar surface area (TPSA) is 46.4 Å². The van der Waals surface area contributed by atoms with Gasteiger partial charge in [0.1, 0.15) is 5.65 Å². The number of nitrogens with one attached hydrogen (secondary N) is 1. The van der Waals surface area contributed by atoms with Crippen LogP contribution in [-0.4, -0.2) is 21.5 Å². The number of rotatable bonds is 4. The first kappa shape index (κ1) is 17.4. The van der Waals surface area contributed by atoms with E-state index in [4.69, 9.17) is 4.98 Å². The third-order valence-corrected chi connectivity index (χ3v) is 5.26. The summed E-state index contributed by atoms with van der Waals surface area (Å²) in [4.78, 5) is 18.2. The second kappa shape index (κ2) is 7.29. The van der Waals surface area contributed by atoms with Gasteiger partial charge in [0.2, 0.25) is 0 Å². The van der Waals surface area contributed by atoms with Crippen LogP contribution in [0, 0.1) is 6.92 Å². The van der Waals surface area contributed by atoms with Gasteiger partial charge < -0.3 is 9.72 Å². The monoisotopic (exact) mass is 373 g/mol. The number of thioether (sulfide) groups is 1. The summed E-state index contributed by atoms with van der Waals surface area (Å²) in [5.41, 5.74) is 5.47. The van der Waals surface area contributed by atoms with Gasteiger partial charge in [0.15, 0.2) is 0 Å². The van der Waals surface area contributed by atoms with Crippen LogP contribution in [0.5, 0.6) is 0 Å². The van der Waals surface area contributed by atoms with Gasteiger partial charge in [-0.15, -0.1) is 11.8 Å². The number of fused-ring (bicyclic) bond motifs is 1. The smallest absolute Gasteiger partial charge is 0.256 e. The maximum atomic E-state index is 12.6. The number of carbonyl (C=O) groups excluding carboxylic acids is 1. The van der Waals surface area contributed by atoms with Crippen molar-refractivity contribution < 1.29 is 4.79 Å². The molecule has 0 bridgehead atoms. The third-order valence-electron chi connectivity index (χ3n) is 4.47. The van der Waals surface area contributed by atoms with E-state index in [0.717, 1.165) is 33.1 Å². The van der Waals surface area contributed by atoms with Crippen LogP contribution in [0.4, 0.5) is 5.69 Å². The summed E-state index contributed by atoms with van der Waals surface area (Å²) < 4.78 is 2.03. The Labute approximate surface area is 162 Å². The Bertz CT molecular complexity index is 1120. The predicted molar refractivity (Wildman–Crippen MR) is 112 cm³/mol. The zero-order valence-corrected chi connectivity index (χ0v) is 16.0. The Kier molecular flexibility index (Phi) is 4.69.